The number of piperidine rings is 1. The molecule has 1 aliphatic rings. The number of likely N-dealkylation sites (tertiary alicyclic amines) is 1. The van der Waals surface area contributed by atoms with Crippen LogP contribution >= 0.6 is 0 Å². The van der Waals surface area contributed by atoms with Gasteiger partial charge in [-0.05, 0) is 19.3 Å². The van der Waals surface area contributed by atoms with Crippen molar-refractivity contribution in [1.82, 2.24) is 19.9 Å². The van der Waals surface area contributed by atoms with Crippen LogP contribution in [0.2, 0.25) is 0 Å². The van der Waals surface area contributed by atoms with Gasteiger partial charge in [-0.1, -0.05) is 12.1 Å². The van der Waals surface area contributed by atoms with Gasteiger partial charge in [-0.3, -0.25) is 9.59 Å². The molecule has 7 nitrogen and oxygen atoms in total. The molecule has 2 rings (SSSR count). The highest BCUT2D eigenvalue weighted by Gasteiger charge is 2.40. The van der Waals surface area contributed by atoms with Crippen LogP contribution in [0.25, 0.3) is 0 Å². The van der Waals surface area contributed by atoms with Crippen molar-refractivity contribution in [3.8, 4) is 0 Å². The van der Waals surface area contributed by atoms with Crippen molar-refractivity contribution in [3.05, 3.63) is 12.4 Å². The van der Waals surface area contributed by atoms with Gasteiger partial charge >= 0.3 is 0 Å². The molecular weight excluding hydrogens is 246 g/mol. The summed E-state index contributed by atoms with van der Waals surface area (Å²) in [6, 6.07) is 0. The van der Waals surface area contributed by atoms with E-state index in [2.05, 4.69) is 10.3 Å². The van der Waals surface area contributed by atoms with E-state index in [1.165, 1.54) is 10.9 Å². The SMILES string of the molecule is CCC1(C(N)=O)CCCN(C(=O)Cn2ccnn2)C1. The number of hydrogen-bond donors (Lipinski definition) is 1. The first-order valence-corrected chi connectivity index (χ1v) is 6.49. The van der Waals surface area contributed by atoms with Crippen LogP contribution in [0, 0.1) is 5.41 Å². The Morgan fingerprint density at radius 1 is 1.47 bits per heavy atom. The normalized spacial score (nSPS) is 23.3. The lowest BCUT2D eigenvalue weighted by Crippen LogP contribution is -2.52. The molecule has 1 saturated heterocycles. The Hall–Kier alpha value is -1.92. The summed E-state index contributed by atoms with van der Waals surface area (Å²) in [7, 11) is 0. The molecule has 0 aliphatic carbocycles. The molecule has 1 aromatic rings. The van der Waals surface area contributed by atoms with Crippen molar-refractivity contribution >= 4 is 11.8 Å². The van der Waals surface area contributed by atoms with Crippen LogP contribution < -0.4 is 5.73 Å². The molecule has 1 fully saturated rings. The zero-order chi connectivity index (χ0) is 13.9. The molecule has 19 heavy (non-hydrogen) atoms. The Balaban J connectivity index is 2.04. The summed E-state index contributed by atoms with van der Waals surface area (Å²) in [4.78, 5) is 25.5. The molecule has 2 heterocycles. The molecule has 2 N–H and O–H groups in total. The van der Waals surface area contributed by atoms with Crippen LogP contribution in [0.4, 0.5) is 0 Å². The number of carbonyl (C=O) groups is 2. The van der Waals surface area contributed by atoms with E-state index in [9.17, 15) is 9.59 Å². The van der Waals surface area contributed by atoms with E-state index in [0.717, 1.165) is 12.8 Å². The Kier molecular flexibility index (Phi) is 3.82. The number of rotatable bonds is 4. The molecule has 1 aromatic heterocycles. The third-order valence-corrected chi connectivity index (χ3v) is 3.90. The molecule has 0 bridgehead atoms. The van der Waals surface area contributed by atoms with Gasteiger partial charge in [0.15, 0.2) is 0 Å². The summed E-state index contributed by atoms with van der Waals surface area (Å²) >= 11 is 0. The third kappa shape index (κ3) is 2.74. The van der Waals surface area contributed by atoms with E-state index >= 15 is 0 Å². The Bertz CT molecular complexity index is 459. The topological polar surface area (TPSA) is 94.1 Å². The number of carbonyl (C=O) groups excluding carboxylic acids is 2. The molecule has 104 valence electrons. The monoisotopic (exact) mass is 265 g/mol. The van der Waals surface area contributed by atoms with Crippen LogP contribution in [-0.2, 0) is 16.1 Å². The minimum atomic E-state index is -0.573. The highest BCUT2D eigenvalue weighted by molar-refractivity contribution is 5.83. The molecule has 7 heteroatoms. The van der Waals surface area contributed by atoms with Crippen LogP contribution in [0.5, 0.6) is 0 Å². The fourth-order valence-corrected chi connectivity index (χ4v) is 2.56. The predicted molar refractivity (Wildman–Crippen MR) is 67.8 cm³/mol. The maximum absolute atomic E-state index is 12.2. The predicted octanol–water partition coefficient (Wildman–Crippen LogP) is -0.218. The molecule has 0 saturated carbocycles. The van der Waals surface area contributed by atoms with Crippen LogP contribution in [0.15, 0.2) is 12.4 Å². The largest absolute Gasteiger partial charge is 0.369 e. The molecule has 1 unspecified atom stereocenters. The van der Waals surface area contributed by atoms with E-state index in [4.69, 9.17) is 5.73 Å². The highest BCUT2D eigenvalue weighted by Crippen LogP contribution is 2.33. The van der Waals surface area contributed by atoms with Gasteiger partial charge < -0.3 is 10.6 Å². The van der Waals surface area contributed by atoms with Crippen LogP contribution in [-0.4, -0.2) is 44.8 Å². The maximum Gasteiger partial charge on any atom is 0.244 e. The van der Waals surface area contributed by atoms with Crippen molar-refractivity contribution in [2.24, 2.45) is 11.1 Å². The van der Waals surface area contributed by atoms with E-state index in [1.54, 1.807) is 11.1 Å². The second-order valence-electron chi connectivity index (χ2n) is 5.02. The first-order valence-electron chi connectivity index (χ1n) is 6.49. The zero-order valence-corrected chi connectivity index (χ0v) is 11.1. The molecule has 0 spiro atoms. The maximum atomic E-state index is 12.2. The van der Waals surface area contributed by atoms with Crippen molar-refractivity contribution in [2.75, 3.05) is 13.1 Å². The average molecular weight is 265 g/mol. The summed E-state index contributed by atoms with van der Waals surface area (Å²) in [5.41, 5.74) is 4.93. The molecule has 0 radical (unpaired) electrons. The minimum absolute atomic E-state index is 0.0516. The second-order valence-corrected chi connectivity index (χ2v) is 5.02. The zero-order valence-electron chi connectivity index (χ0n) is 11.1. The fourth-order valence-electron chi connectivity index (χ4n) is 2.56. The number of nitrogens with zero attached hydrogens (tertiary/aromatic N) is 4. The van der Waals surface area contributed by atoms with Crippen LogP contribution in [0.3, 0.4) is 0 Å². The smallest absolute Gasteiger partial charge is 0.244 e. The van der Waals surface area contributed by atoms with E-state index in [-0.39, 0.29) is 18.4 Å². The van der Waals surface area contributed by atoms with Crippen molar-refractivity contribution in [3.63, 3.8) is 0 Å². The van der Waals surface area contributed by atoms with Gasteiger partial charge in [0.05, 0.1) is 11.6 Å². The minimum Gasteiger partial charge on any atom is -0.369 e. The summed E-state index contributed by atoms with van der Waals surface area (Å²) in [5.74, 6) is -0.363. The fraction of sp³-hybridized carbons (Fsp3) is 0.667. The molecule has 1 atom stereocenters. The van der Waals surface area contributed by atoms with Gasteiger partial charge in [0.25, 0.3) is 0 Å². The number of aromatic nitrogens is 3. The van der Waals surface area contributed by atoms with E-state index in [0.29, 0.717) is 19.5 Å². The van der Waals surface area contributed by atoms with Gasteiger partial charge in [0.1, 0.15) is 6.54 Å². The average Bonchev–Trinajstić information content (AvgIpc) is 2.91. The molecule has 2 amide bonds. The molecule has 1 aliphatic heterocycles. The van der Waals surface area contributed by atoms with E-state index in [1.807, 2.05) is 6.92 Å². The number of primary amides is 1. The molecule has 0 aromatic carbocycles. The van der Waals surface area contributed by atoms with Gasteiger partial charge in [0.2, 0.25) is 11.8 Å². The summed E-state index contributed by atoms with van der Waals surface area (Å²) in [5, 5.41) is 7.43. The van der Waals surface area contributed by atoms with Gasteiger partial charge in [-0.15, -0.1) is 5.10 Å². The Labute approximate surface area is 111 Å². The van der Waals surface area contributed by atoms with Gasteiger partial charge in [-0.2, -0.15) is 0 Å². The van der Waals surface area contributed by atoms with Gasteiger partial charge in [0, 0.05) is 19.3 Å². The summed E-state index contributed by atoms with van der Waals surface area (Å²) < 4.78 is 1.48. The number of amides is 2. The lowest BCUT2D eigenvalue weighted by atomic mass is 9.77. The third-order valence-electron chi connectivity index (χ3n) is 3.90. The summed E-state index contributed by atoms with van der Waals surface area (Å²) in [6.07, 6.45) is 5.40. The van der Waals surface area contributed by atoms with Crippen LogP contribution in [0.1, 0.15) is 26.2 Å². The Morgan fingerprint density at radius 3 is 2.84 bits per heavy atom. The highest BCUT2D eigenvalue weighted by atomic mass is 16.2. The van der Waals surface area contributed by atoms with Crippen molar-refractivity contribution in [1.29, 1.82) is 0 Å². The quantitative estimate of drug-likeness (QED) is 0.814. The Morgan fingerprint density at radius 2 is 2.26 bits per heavy atom. The first kappa shape index (κ1) is 13.5. The lowest BCUT2D eigenvalue weighted by molar-refractivity contribution is -0.140. The molecular formula is C12H19N5O2. The van der Waals surface area contributed by atoms with E-state index < -0.39 is 5.41 Å². The standard InChI is InChI=1S/C12H19N5O2/c1-2-12(11(13)19)4-3-6-16(9-12)10(18)8-17-7-5-14-15-17/h5,7H,2-4,6,8-9H2,1H3,(H2,13,19). The number of hydrogen-bond acceptors (Lipinski definition) is 4. The van der Waals surface area contributed by atoms with Crippen molar-refractivity contribution < 1.29 is 9.59 Å². The lowest BCUT2D eigenvalue weighted by Gasteiger charge is -2.40. The van der Waals surface area contributed by atoms with Crippen molar-refractivity contribution in [2.45, 2.75) is 32.7 Å². The van der Waals surface area contributed by atoms with Gasteiger partial charge in [-0.25, -0.2) is 4.68 Å². The second kappa shape index (κ2) is 5.38. The number of nitrogens with two attached hydrogens (primary N) is 1. The first-order chi connectivity index (χ1) is 9.07. The summed E-state index contributed by atoms with van der Waals surface area (Å²) in [6.45, 7) is 3.17.